The Kier molecular flexibility index (Phi) is 2.41. The highest BCUT2D eigenvalue weighted by molar-refractivity contribution is 5.82. The maximum atomic E-state index is 11.4. The monoisotopic (exact) mass is 166 g/mol. The van der Waals surface area contributed by atoms with Gasteiger partial charge in [0.1, 0.15) is 5.78 Å². The lowest BCUT2D eigenvalue weighted by atomic mass is 9.67. The van der Waals surface area contributed by atoms with Crippen molar-refractivity contribution < 1.29 is 4.79 Å². The molecule has 0 unspecified atom stereocenters. The first kappa shape index (κ1) is 9.50. The lowest BCUT2D eigenvalue weighted by Gasteiger charge is -2.35. The first-order valence-corrected chi connectivity index (χ1v) is 4.65. The number of ketones is 1. The molecule has 0 saturated carbocycles. The number of hydrogen-bond donors (Lipinski definition) is 0. The number of carbonyl (C=O) groups excluding carboxylic acids is 1. The van der Waals surface area contributed by atoms with Crippen LogP contribution in [0.1, 0.15) is 40.5 Å². The van der Waals surface area contributed by atoms with Crippen molar-refractivity contribution in [3.63, 3.8) is 0 Å². The van der Waals surface area contributed by atoms with E-state index in [2.05, 4.69) is 26.8 Å². The predicted molar refractivity (Wildman–Crippen MR) is 50.9 cm³/mol. The van der Waals surface area contributed by atoms with E-state index in [4.69, 9.17) is 0 Å². The lowest BCUT2D eigenvalue weighted by Crippen LogP contribution is -2.34. The van der Waals surface area contributed by atoms with E-state index in [-0.39, 0.29) is 5.41 Å². The van der Waals surface area contributed by atoms with Crippen molar-refractivity contribution in [3.8, 4) is 0 Å². The fourth-order valence-electron chi connectivity index (χ4n) is 1.88. The third-order valence-corrected chi connectivity index (χ3v) is 3.38. The summed E-state index contributed by atoms with van der Waals surface area (Å²) in [5, 5.41) is 0. The van der Waals surface area contributed by atoms with Crippen molar-refractivity contribution in [2.24, 2.45) is 11.3 Å². The molecule has 0 saturated heterocycles. The molecule has 68 valence electrons. The molecular weight excluding hydrogens is 148 g/mol. The molecule has 0 spiro atoms. The second-order valence-electron chi connectivity index (χ2n) is 4.28. The molecule has 0 aromatic carbocycles. The van der Waals surface area contributed by atoms with Crippen molar-refractivity contribution in [1.82, 2.24) is 0 Å². The van der Waals surface area contributed by atoms with Gasteiger partial charge in [0.2, 0.25) is 0 Å². The molecule has 0 amide bonds. The zero-order valence-corrected chi connectivity index (χ0v) is 8.48. The number of carbonyl (C=O) groups is 1. The third kappa shape index (κ3) is 1.45. The number of rotatable bonds is 1. The van der Waals surface area contributed by atoms with Gasteiger partial charge in [0.15, 0.2) is 0 Å². The van der Waals surface area contributed by atoms with Crippen LogP contribution in [0.3, 0.4) is 0 Å². The molecule has 0 bridgehead atoms. The fourth-order valence-corrected chi connectivity index (χ4v) is 1.88. The molecule has 0 heterocycles. The Labute approximate surface area is 74.9 Å². The molecule has 1 heteroatoms. The number of hydrogen-bond acceptors (Lipinski definition) is 1. The van der Waals surface area contributed by atoms with Gasteiger partial charge in [0.25, 0.3) is 0 Å². The predicted octanol–water partition coefficient (Wildman–Crippen LogP) is 2.96. The van der Waals surface area contributed by atoms with E-state index >= 15 is 0 Å². The van der Waals surface area contributed by atoms with Crippen LogP contribution in [0, 0.1) is 11.3 Å². The number of Topliss-reactive ketones (excluding diaryl/α,β-unsaturated/α-hetero) is 1. The maximum absolute atomic E-state index is 11.4. The summed E-state index contributed by atoms with van der Waals surface area (Å²) in [5.41, 5.74) is 1.33. The fraction of sp³-hybridized carbons (Fsp3) is 0.727. The number of allylic oxidation sites excluding steroid dienone is 2. The summed E-state index contributed by atoms with van der Waals surface area (Å²) in [4.78, 5) is 11.4. The summed E-state index contributed by atoms with van der Waals surface area (Å²) < 4.78 is 0. The quantitative estimate of drug-likeness (QED) is 0.547. The van der Waals surface area contributed by atoms with Crippen LogP contribution in [-0.2, 0) is 4.79 Å². The molecule has 0 fully saturated rings. The van der Waals surface area contributed by atoms with Gasteiger partial charge in [0, 0.05) is 5.41 Å². The van der Waals surface area contributed by atoms with Crippen LogP contribution in [0.2, 0.25) is 0 Å². The molecule has 0 aromatic heterocycles. The Balaban J connectivity index is 2.90. The molecular formula is C11H18O. The minimum absolute atomic E-state index is 0.0977. The molecule has 0 aliphatic heterocycles. The molecule has 1 nitrogen and oxygen atoms in total. The Morgan fingerprint density at radius 3 is 2.67 bits per heavy atom. The first-order chi connectivity index (χ1) is 5.47. The second-order valence-corrected chi connectivity index (χ2v) is 4.28. The highest BCUT2D eigenvalue weighted by atomic mass is 16.1. The van der Waals surface area contributed by atoms with E-state index in [1.54, 1.807) is 6.92 Å². The SMILES string of the molecule is CC(=O)[C@]1(C)CCC(C)=C[C@@H]1C. The van der Waals surface area contributed by atoms with Crippen LogP contribution < -0.4 is 0 Å². The van der Waals surface area contributed by atoms with E-state index in [9.17, 15) is 4.79 Å². The zero-order valence-electron chi connectivity index (χ0n) is 8.48. The van der Waals surface area contributed by atoms with Gasteiger partial charge in [-0.1, -0.05) is 25.5 Å². The molecule has 0 N–H and O–H groups in total. The summed E-state index contributed by atoms with van der Waals surface area (Å²) in [6.45, 7) is 8.09. The molecule has 0 radical (unpaired) electrons. The van der Waals surface area contributed by atoms with Gasteiger partial charge < -0.3 is 0 Å². The minimum atomic E-state index is -0.0977. The second kappa shape index (κ2) is 3.04. The minimum Gasteiger partial charge on any atom is -0.299 e. The normalized spacial score (nSPS) is 36.0. The van der Waals surface area contributed by atoms with Crippen molar-refractivity contribution >= 4 is 5.78 Å². The van der Waals surface area contributed by atoms with Crippen molar-refractivity contribution in [1.29, 1.82) is 0 Å². The summed E-state index contributed by atoms with van der Waals surface area (Å²) in [6.07, 6.45) is 4.34. The van der Waals surface area contributed by atoms with Gasteiger partial charge in [0.05, 0.1) is 0 Å². The summed E-state index contributed by atoms with van der Waals surface area (Å²) in [5.74, 6) is 0.738. The highest BCUT2D eigenvalue weighted by Gasteiger charge is 2.36. The van der Waals surface area contributed by atoms with Gasteiger partial charge in [-0.2, -0.15) is 0 Å². The Hall–Kier alpha value is -0.590. The van der Waals surface area contributed by atoms with Crippen LogP contribution in [0.15, 0.2) is 11.6 Å². The van der Waals surface area contributed by atoms with Gasteiger partial charge in [-0.3, -0.25) is 4.79 Å². The summed E-state index contributed by atoms with van der Waals surface area (Å²) >= 11 is 0. The van der Waals surface area contributed by atoms with Crippen LogP contribution in [0.4, 0.5) is 0 Å². The van der Waals surface area contributed by atoms with Gasteiger partial charge in [-0.25, -0.2) is 0 Å². The van der Waals surface area contributed by atoms with Gasteiger partial charge in [-0.05, 0) is 32.6 Å². The van der Waals surface area contributed by atoms with Crippen molar-refractivity contribution in [2.75, 3.05) is 0 Å². The average Bonchev–Trinajstić information content (AvgIpc) is 1.97. The topological polar surface area (TPSA) is 17.1 Å². The largest absolute Gasteiger partial charge is 0.299 e. The first-order valence-electron chi connectivity index (χ1n) is 4.65. The maximum Gasteiger partial charge on any atom is 0.136 e. The standard InChI is InChI=1S/C11H18O/c1-8-5-6-11(4,10(3)12)9(2)7-8/h7,9H,5-6H2,1-4H3/t9-,11+/m0/s1. The Bertz CT molecular complexity index is 227. The molecule has 1 aliphatic carbocycles. The van der Waals surface area contributed by atoms with Gasteiger partial charge in [-0.15, -0.1) is 0 Å². The molecule has 2 atom stereocenters. The van der Waals surface area contributed by atoms with E-state index < -0.39 is 0 Å². The van der Waals surface area contributed by atoms with E-state index in [1.165, 1.54) is 5.57 Å². The molecule has 1 aliphatic rings. The zero-order chi connectivity index (χ0) is 9.35. The van der Waals surface area contributed by atoms with Crippen LogP contribution in [-0.4, -0.2) is 5.78 Å². The summed E-state index contributed by atoms with van der Waals surface area (Å²) in [7, 11) is 0. The highest BCUT2D eigenvalue weighted by Crippen LogP contribution is 2.39. The van der Waals surface area contributed by atoms with Crippen molar-refractivity contribution in [3.05, 3.63) is 11.6 Å². The van der Waals surface area contributed by atoms with Crippen LogP contribution in [0.5, 0.6) is 0 Å². The third-order valence-electron chi connectivity index (χ3n) is 3.38. The Morgan fingerprint density at radius 2 is 2.25 bits per heavy atom. The van der Waals surface area contributed by atoms with E-state index in [0.717, 1.165) is 12.8 Å². The van der Waals surface area contributed by atoms with Crippen molar-refractivity contribution in [2.45, 2.75) is 40.5 Å². The lowest BCUT2D eigenvalue weighted by molar-refractivity contribution is -0.128. The Morgan fingerprint density at radius 1 is 1.67 bits per heavy atom. The van der Waals surface area contributed by atoms with Gasteiger partial charge >= 0.3 is 0 Å². The van der Waals surface area contributed by atoms with E-state index in [0.29, 0.717) is 11.7 Å². The average molecular weight is 166 g/mol. The van der Waals surface area contributed by atoms with Crippen LogP contribution >= 0.6 is 0 Å². The van der Waals surface area contributed by atoms with Crippen LogP contribution in [0.25, 0.3) is 0 Å². The molecule has 12 heavy (non-hydrogen) atoms. The van der Waals surface area contributed by atoms with E-state index in [1.807, 2.05) is 0 Å². The molecule has 0 aromatic rings. The summed E-state index contributed by atoms with van der Waals surface area (Å²) in [6, 6.07) is 0. The smallest absolute Gasteiger partial charge is 0.136 e. The molecule has 1 rings (SSSR count).